The zero-order chi connectivity index (χ0) is 13.1. The number of amides is 1. The second kappa shape index (κ2) is 5.71. The van der Waals surface area contributed by atoms with Gasteiger partial charge in [0.1, 0.15) is 0 Å². The summed E-state index contributed by atoms with van der Waals surface area (Å²) in [5.41, 5.74) is 6.42. The first kappa shape index (κ1) is 13.4. The molecule has 1 aliphatic rings. The van der Waals surface area contributed by atoms with Gasteiger partial charge in [0, 0.05) is 17.1 Å². The molecule has 18 heavy (non-hydrogen) atoms. The van der Waals surface area contributed by atoms with Crippen LogP contribution in [-0.2, 0) is 0 Å². The van der Waals surface area contributed by atoms with Crippen LogP contribution in [0.4, 0.5) is 5.69 Å². The first-order valence-corrected chi connectivity index (χ1v) is 7.20. The van der Waals surface area contributed by atoms with Crippen LogP contribution in [-0.4, -0.2) is 23.7 Å². The number of carbonyl (C=O) groups excluding carboxylic acids is 1. The Bertz CT molecular complexity index is 403. The lowest BCUT2D eigenvalue weighted by molar-refractivity contribution is 0.0914. The van der Waals surface area contributed by atoms with Crippen molar-refractivity contribution in [3.63, 3.8) is 0 Å². The fourth-order valence-electron chi connectivity index (χ4n) is 2.28. The Balaban J connectivity index is 1.81. The molecule has 1 saturated carbocycles. The van der Waals surface area contributed by atoms with E-state index in [9.17, 15) is 9.90 Å². The van der Waals surface area contributed by atoms with Gasteiger partial charge in [0.2, 0.25) is 0 Å². The normalized spacial score (nSPS) is 23.9. The summed E-state index contributed by atoms with van der Waals surface area (Å²) in [6, 6.07) is 1.74. The molecule has 1 heterocycles. The fraction of sp³-hybridized carbons (Fsp3) is 0.615. The van der Waals surface area contributed by atoms with E-state index in [2.05, 4.69) is 5.32 Å². The largest absolute Gasteiger partial charge is 0.398 e. The molecule has 0 spiro atoms. The number of anilines is 1. The van der Waals surface area contributed by atoms with Gasteiger partial charge >= 0.3 is 0 Å². The lowest BCUT2D eigenvalue weighted by Gasteiger charge is -2.25. The third-order valence-electron chi connectivity index (χ3n) is 3.55. The summed E-state index contributed by atoms with van der Waals surface area (Å²) in [4.78, 5) is 13.6. The number of aliphatic hydroxyl groups is 1. The summed E-state index contributed by atoms with van der Waals surface area (Å²) in [5, 5.41) is 12.4. The number of aliphatic hydroxyl groups excluding tert-OH is 1. The van der Waals surface area contributed by atoms with Crippen LogP contribution < -0.4 is 11.1 Å². The lowest BCUT2D eigenvalue weighted by atomic mass is 9.87. The van der Waals surface area contributed by atoms with Crippen LogP contribution in [0.5, 0.6) is 0 Å². The van der Waals surface area contributed by atoms with E-state index in [0.29, 0.717) is 23.0 Å². The number of hydrogen-bond donors (Lipinski definition) is 3. The molecule has 1 aromatic heterocycles. The topological polar surface area (TPSA) is 75.3 Å². The number of rotatable bonds is 3. The molecular weight excluding hydrogens is 248 g/mol. The minimum atomic E-state index is -0.142. The van der Waals surface area contributed by atoms with Crippen molar-refractivity contribution in [2.75, 3.05) is 12.3 Å². The van der Waals surface area contributed by atoms with Crippen molar-refractivity contribution >= 4 is 22.9 Å². The predicted molar refractivity (Wildman–Crippen MR) is 73.8 cm³/mol. The quantitative estimate of drug-likeness (QED) is 0.784. The highest BCUT2D eigenvalue weighted by atomic mass is 32.1. The molecule has 0 aromatic carbocycles. The molecule has 0 saturated heterocycles. The fourth-order valence-corrected chi connectivity index (χ4v) is 3.14. The monoisotopic (exact) mass is 268 g/mol. The molecule has 0 radical (unpaired) electrons. The molecule has 0 aliphatic heterocycles. The van der Waals surface area contributed by atoms with Crippen LogP contribution in [0.3, 0.4) is 0 Å². The summed E-state index contributed by atoms with van der Waals surface area (Å²) in [6.45, 7) is 2.61. The van der Waals surface area contributed by atoms with Gasteiger partial charge < -0.3 is 16.2 Å². The third-order valence-corrected chi connectivity index (χ3v) is 4.61. The lowest BCUT2D eigenvalue weighted by Crippen LogP contribution is -2.31. The molecule has 0 unspecified atom stereocenters. The summed E-state index contributed by atoms with van der Waals surface area (Å²) in [5.74, 6) is 0.460. The summed E-state index contributed by atoms with van der Waals surface area (Å²) < 4.78 is 0. The van der Waals surface area contributed by atoms with E-state index in [1.807, 2.05) is 6.92 Å². The molecule has 2 rings (SSSR count). The van der Waals surface area contributed by atoms with Gasteiger partial charge in [0.25, 0.3) is 5.91 Å². The molecule has 5 heteroatoms. The standard InChI is InChI=1S/C13H20N2O2S/c1-8-11(14)6-12(18-8)13(17)15-7-9-2-4-10(16)5-3-9/h6,9-10,16H,2-5,7,14H2,1H3,(H,15,17). The number of aryl methyl sites for hydroxylation is 1. The number of hydrogen-bond acceptors (Lipinski definition) is 4. The number of thiophene rings is 1. The number of nitrogens with one attached hydrogen (secondary N) is 1. The summed E-state index contributed by atoms with van der Waals surface area (Å²) in [7, 11) is 0. The van der Waals surface area contributed by atoms with Gasteiger partial charge in [-0.1, -0.05) is 0 Å². The van der Waals surface area contributed by atoms with Crippen molar-refractivity contribution < 1.29 is 9.90 Å². The maximum absolute atomic E-state index is 11.9. The SMILES string of the molecule is Cc1sc(C(=O)NCC2CCC(O)CC2)cc1N. The van der Waals surface area contributed by atoms with E-state index in [-0.39, 0.29) is 12.0 Å². The van der Waals surface area contributed by atoms with Crippen molar-refractivity contribution in [3.05, 3.63) is 15.8 Å². The maximum atomic E-state index is 11.9. The molecule has 4 nitrogen and oxygen atoms in total. The average molecular weight is 268 g/mol. The van der Waals surface area contributed by atoms with Crippen molar-refractivity contribution in [3.8, 4) is 0 Å². The smallest absolute Gasteiger partial charge is 0.261 e. The minimum absolute atomic E-state index is 0.0362. The van der Waals surface area contributed by atoms with Crippen molar-refractivity contribution in [2.45, 2.75) is 38.7 Å². The minimum Gasteiger partial charge on any atom is -0.398 e. The second-order valence-corrected chi connectivity index (χ2v) is 6.26. The Morgan fingerprint density at radius 2 is 2.17 bits per heavy atom. The summed E-state index contributed by atoms with van der Waals surface area (Å²) >= 11 is 1.43. The van der Waals surface area contributed by atoms with E-state index in [1.54, 1.807) is 6.07 Å². The number of nitrogens with two attached hydrogens (primary N) is 1. The van der Waals surface area contributed by atoms with E-state index >= 15 is 0 Å². The third kappa shape index (κ3) is 3.23. The van der Waals surface area contributed by atoms with Gasteiger partial charge in [0.05, 0.1) is 11.0 Å². The molecule has 1 aliphatic carbocycles. The van der Waals surface area contributed by atoms with Crippen molar-refractivity contribution in [1.82, 2.24) is 5.32 Å². The van der Waals surface area contributed by atoms with E-state index in [0.717, 1.165) is 30.6 Å². The van der Waals surface area contributed by atoms with Gasteiger partial charge in [0.15, 0.2) is 0 Å². The van der Waals surface area contributed by atoms with Crippen LogP contribution in [0, 0.1) is 12.8 Å². The highest BCUT2D eigenvalue weighted by Crippen LogP contribution is 2.25. The number of nitrogen functional groups attached to an aromatic ring is 1. The highest BCUT2D eigenvalue weighted by Gasteiger charge is 2.20. The van der Waals surface area contributed by atoms with Crippen molar-refractivity contribution in [1.29, 1.82) is 0 Å². The van der Waals surface area contributed by atoms with Crippen molar-refractivity contribution in [2.24, 2.45) is 5.92 Å². The molecular formula is C13H20N2O2S. The molecule has 1 aromatic rings. The van der Waals surface area contributed by atoms with Gasteiger partial charge in [-0.25, -0.2) is 0 Å². The first-order chi connectivity index (χ1) is 8.56. The maximum Gasteiger partial charge on any atom is 0.261 e. The van der Waals surface area contributed by atoms with Gasteiger partial charge in [-0.05, 0) is 44.6 Å². The van der Waals surface area contributed by atoms with Crippen LogP contribution >= 0.6 is 11.3 Å². The Morgan fingerprint density at radius 3 is 2.72 bits per heavy atom. The first-order valence-electron chi connectivity index (χ1n) is 6.38. The Labute approximate surface area is 111 Å². The van der Waals surface area contributed by atoms with Crippen LogP contribution in [0.2, 0.25) is 0 Å². The van der Waals surface area contributed by atoms with Crippen LogP contribution in [0.1, 0.15) is 40.2 Å². The van der Waals surface area contributed by atoms with Crippen LogP contribution in [0.25, 0.3) is 0 Å². The summed E-state index contributed by atoms with van der Waals surface area (Å²) in [6.07, 6.45) is 3.55. The van der Waals surface area contributed by atoms with Gasteiger partial charge in [-0.2, -0.15) is 0 Å². The molecule has 1 fully saturated rings. The Kier molecular flexibility index (Phi) is 4.24. The molecule has 100 valence electrons. The second-order valence-electron chi connectivity index (χ2n) is 5.01. The van der Waals surface area contributed by atoms with E-state index < -0.39 is 0 Å². The molecule has 1 amide bonds. The van der Waals surface area contributed by atoms with Gasteiger partial charge in [-0.3, -0.25) is 4.79 Å². The molecule has 0 atom stereocenters. The number of carbonyl (C=O) groups is 1. The highest BCUT2D eigenvalue weighted by molar-refractivity contribution is 7.14. The average Bonchev–Trinajstić information content (AvgIpc) is 2.69. The zero-order valence-electron chi connectivity index (χ0n) is 10.6. The van der Waals surface area contributed by atoms with Crippen LogP contribution in [0.15, 0.2) is 6.07 Å². The zero-order valence-corrected chi connectivity index (χ0v) is 11.4. The molecule has 4 N–H and O–H groups in total. The van der Waals surface area contributed by atoms with Gasteiger partial charge in [-0.15, -0.1) is 11.3 Å². The predicted octanol–water partition coefficient (Wildman–Crippen LogP) is 1.92. The Morgan fingerprint density at radius 1 is 1.50 bits per heavy atom. The Hall–Kier alpha value is -1.07. The molecule has 0 bridgehead atoms. The van der Waals surface area contributed by atoms with E-state index in [1.165, 1.54) is 11.3 Å². The van der Waals surface area contributed by atoms with E-state index in [4.69, 9.17) is 5.73 Å².